The first-order chi connectivity index (χ1) is 16.0. The number of hydrogen-bond donors (Lipinski definition) is 3. The molecule has 182 valence electrons. The quantitative estimate of drug-likeness (QED) is 0.454. The maximum absolute atomic E-state index is 12.6. The Morgan fingerprint density at radius 1 is 1.21 bits per heavy atom. The van der Waals surface area contributed by atoms with Crippen molar-refractivity contribution in [2.24, 2.45) is 0 Å². The van der Waals surface area contributed by atoms with Gasteiger partial charge in [0, 0.05) is 5.56 Å². The zero-order chi connectivity index (χ0) is 24.7. The van der Waals surface area contributed by atoms with Gasteiger partial charge in [0.05, 0.1) is 12.9 Å². The molecule has 4 rings (SSSR count). The summed E-state index contributed by atoms with van der Waals surface area (Å²) in [5.41, 5.74) is 1.28. The van der Waals surface area contributed by atoms with Crippen LogP contribution in [0.15, 0.2) is 43.0 Å². The van der Waals surface area contributed by atoms with Crippen molar-refractivity contribution in [3.8, 4) is 0 Å². The number of carbonyl (C=O) groups excluding carboxylic acids is 1. The molecule has 2 unspecified atom stereocenters. The number of imidazole rings is 1. The molecule has 1 fully saturated rings. The predicted molar refractivity (Wildman–Crippen MR) is 129 cm³/mol. The van der Waals surface area contributed by atoms with Crippen LogP contribution in [-0.4, -0.2) is 68.9 Å². The highest BCUT2D eigenvalue weighted by Crippen LogP contribution is 2.42. The molecule has 11 heteroatoms. The predicted octanol–water partition coefficient (Wildman–Crippen LogP) is 2.72. The number of benzene rings is 1. The first kappa shape index (κ1) is 24.4. The fourth-order valence-electron chi connectivity index (χ4n) is 3.64. The van der Waals surface area contributed by atoms with Crippen LogP contribution in [0.5, 0.6) is 0 Å². The lowest BCUT2D eigenvalue weighted by Crippen LogP contribution is -2.48. The Morgan fingerprint density at radius 3 is 2.56 bits per heavy atom. The fourth-order valence-corrected chi connectivity index (χ4v) is 4.93. The van der Waals surface area contributed by atoms with E-state index in [2.05, 4.69) is 54.1 Å². The largest absolute Gasteiger partial charge is 0.407 e. The third-order valence-corrected chi connectivity index (χ3v) is 11.1. The van der Waals surface area contributed by atoms with Gasteiger partial charge in [0.1, 0.15) is 24.6 Å². The minimum absolute atomic E-state index is 0.0946. The van der Waals surface area contributed by atoms with Crippen molar-refractivity contribution < 1.29 is 24.2 Å². The number of nitrogens with one attached hydrogen (secondary N) is 1. The van der Waals surface area contributed by atoms with Crippen molar-refractivity contribution in [3.05, 3.63) is 48.5 Å². The van der Waals surface area contributed by atoms with E-state index in [1.165, 1.54) is 12.7 Å². The number of carbonyl (C=O) groups is 1. The number of hydrogen-bond acceptors (Lipinski definition) is 8. The van der Waals surface area contributed by atoms with E-state index < -0.39 is 32.9 Å². The van der Waals surface area contributed by atoms with E-state index in [0.29, 0.717) is 16.7 Å². The summed E-state index contributed by atoms with van der Waals surface area (Å²) >= 11 is 0. The second kappa shape index (κ2) is 9.15. The standard InChI is InChI=1S/C23H31N5O5Si/c1-23(2,3)34(4,5)33-18-17(30)15(11-29)32-22(18)28-13-26-16-19(24-12-25-20(16)28)27-21(31)14-9-7-6-8-10-14/h6-10,12-13,15,17-18,22,29-30H,11H2,1-5H3,(H,24,25,27,31)/t15-,17?,18?,22-/m1/s1. The van der Waals surface area contributed by atoms with Crippen LogP contribution in [0.25, 0.3) is 11.2 Å². The number of aliphatic hydroxyl groups is 2. The van der Waals surface area contributed by atoms with Gasteiger partial charge >= 0.3 is 0 Å². The number of rotatable bonds is 6. The molecule has 1 amide bonds. The third-order valence-electron chi connectivity index (χ3n) is 6.63. The molecule has 0 aliphatic carbocycles. The average molecular weight is 486 g/mol. The van der Waals surface area contributed by atoms with Gasteiger partial charge < -0.3 is 24.7 Å². The molecule has 3 aromatic rings. The minimum atomic E-state index is -2.29. The van der Waals surface area contributed by atoms with Crippen LogP contribution < -0.4 is 5.32 Å². The van der Waals surface area contributed by atoms with Crippen LogP contribution in [0.4, 0.5) is 5.82 Å². The van der Waals surface area contributed by atoms with Gasteiger partial charge in [-0.2, -0.15) is 0 Å². The van der Waals surface area contributed by atoms with Crippen molar-refractivity contribution in [2.75, 3.05) is 11.9 Å². The molecule has 1 aromatic carbocycles. The molecule has 0 radical (unpaired) electrons. The first-order valence-electron chi connectivity index (χ1n) is 11.2. The number of aromatic nitrogens is 4. The molecule has 3 N–H and O–H groups in total. The molecule has 2 aromatic heterocycles. The Bertz CT molecular complexity index is 1160. The van der Waals surface area contributed by atoms with E-state index in [0.717, 1.165) is 0 Å². The topological polar surface area (TPSA) is 132 Å². The lowest BCUT2D eigenvalue weighted by molar-refractivity contribution is -0.0497. The van der Waals surface area contributed by atoms with Crippen molar-refractivity contribution in [1.82, 2.24) is 19.5 Å². The van der Waals surface area contributed by atoms with Gasteiger partial charge in [-0.05, 0) is 30.3 Å². The molecule has 4 atom stereocenters. The number of fused-ring (bicyclic) bond motifs is 1. The monoisotopic (exact) mass is 485 g/mol. The van der Waals surface area contributed by atoms with Crippen LogP contribution in [0.3, 0.4) is 0 Å². The van der Waals surface area contributed by atoms with Gasteiger partial charge in [-0.1, -0.05) is 39.0 Å². The number of aliphatic hydroxyl groups excluding tert-OH is 2. The van der Waals surface area contributed by atoms with E-state index in [9.17, 15) is 15.0 Å². The van der Waals surface area contributed by atoms with E-state index in [1.807, 2.05) is 6.07 Å². The Kier molecular flexibility index (Phi) is 6.58. The van der Waals surface area contributed by atoms with Gasteiger partial charge in [0.2, 0.25) is 0 Å². The molecular formula is C23H31N5O5Si. The van der Waals surface area contributed by atoms with Gasteiger partial charge in [-0.3, -0.25) is 9.36 Å². The van der Waals surface area contributed by atoms with Crippen molar-refractivity contribution in [2.45, 2.75) is 63.4 Å². The van der Waals surface area contributed by atoms with E-state index >= 15 is 0 Å². The minimum Gasteiger partial charge on any atom is -0.407 e. The smallest absolute Gasteiger partial charge is 0.256 e. The molecule has 1 saturated heterocycles. The molecule has 0 spiro atoms. The molecule has 0 saturated carbocycles. The van der Waals surface area contributed by atoms with Crippen LogP contribution in [0.1, 0.15) is 37.4 Å². The summed E-state index contributed by atoms with van der Waals surface area (Å²) in [5.74, 6) is -0.0566. The number of anilines is 1. The van der Waals surface area contributed by atoms with Gasteiger partial charge in [0.25, 0.3) is 5.91 Å². The van der Waals surface area contributed by atoms with E-state index in [1.54, 1.807) is 28.8 Å². The molecule has 10 nitrogen and oxygen atoms in total. The van der Waals surface area contributed by atoms with Crippen molar-refractivity contribution in [1.29, 1.82) is 0 Å². The zero-order valence-electron chi connectivity index (χ0n) is 20.0. The first-order valence-corrected chi connectivity index (χ1v) is 14.1. The molecule has 1 aliphatic rings. The second-order valence-electron chi connectivity index (χ2n) is 9.95. The lowest BCUT2D eigenvalue weighted by Gasteiger charge is -2.40. The maximum atomic E-state index is 12.6. The second-order valence-corrected chi connectivity index (χ2v) is 14.7. The number of ether oxygens (including phenoxy) is 1. The van der Waals surface area contributed by atoms with E-state index in [-0.39, 0.29) is 23.4 Å². The van der Waals surface area contributed by atoms with Gasteiger partial charge in [0.15, 0.2) is 31.5 Å². The zero-order valence-corrected chi connectivity index (χ0v) is 21.0. The highest BCUT2D eigenvalue weighted by molar-refractivity contribution is 6.74. The summed E-state index contributed by atoms with van der Waals surface area (Å²) in [5, 5.41) is 23.4. The summed E-state index contributed by atoms with van der Waals surface area (Å²) in [7, 11) is -2.29. The Balaban J connectivity index is 1.68. The van der Waals surface area contributed by atoms with Crippen LogP contribution in [0, 0.1) is 0 Å². The van der Waals surface area contributed by atoms with Crippen molar-refractivity contribution in [3.63, 3.8) is 0 Å². The lowest BCUT2D eigenvalue weighted by atomic mass is 10.1. The molecule has 3 heterocycles. The number of amides is 1. The molecule has 0 bridgehead atoms. The highest BCUT2D eigenvalue weighted by Gasteiger charge is 2.50. The molecule has 1 aliphatic heterocycles. The van der Waals surface area contributed by atoms with Crippen LogP contribution in [-0.2, 0) is 9.16 Å². The summed E-state index contributed by atoms with van der Waals surface area (Å²) in [6, 6.07) is 8.80. The highest BCUT2D eigenvalue weighted by atomic mass is 28.4. The normalized spacial score (nSPS) is 23.4. The SMILES string of the molecule is CC(C)(C)[Si](C)(C)OC1C(O)[C@@H](CO)O[C@H]1n1cnc2c(NC(=O)c3ccccc3)ncnc21. The van der Waals surface area contributed by atoms with Crippen LogP contribution in [0.2, 0.25) is 18.1 Å². The molecular weight excluding hydrogens is 454 g/mol. The number of nitrogens with zero attached hydrogens (tertiary/aromatic N) is 4. The van der Waals surface area contributed by atoms with E-state index in [4.69, 9.17) is 9.16 Å². The summed E-state index contributed by atoms with van der Waals surface area (Å²) in [4.78, 5) is 25.6. The van der Waals surface area contributed by atoms with Gasteiger partial charge in [-0.15, -0.1) is 0 Å². The van der Waals surface area contributed by atoms with Crippen molar-refractivity contribution >= 4 is 31.2 Å². The summed E-state index contributed by atoms with van der Waals surface area (Å²) in [6.07, 6.45) is -0.472. The fraction of sp³-hybridized carbons (Fsp3) is 0.478. The third kappa shape index (κ3) is 4.49. The average Bonchev–Trinajstić information content (AvgIpc) is 3.35. The maximum Gasteiger partial charge on any atom is 0.256 e. The summed E-state index contributed by atoms with van der Waals surface area (Å²) < 4.78 is 14.2. The molecule has 34 heavy (non-hydrogen) atoms. The van der Waals surface area contributed by atoms with Gasteiger partial charge in [-0.25, -0.2) is 15.0 Å². The summed E-state index contributed by atoms with van der Waals surface area (Å²) in [6.45, 7) is 10.2. The Morgan fingerprint density at radius 2 is 1.91 bits per heavy atom. The Labute approximate surface area is 199 Å². The van der Waals surface area contributed by atoms with Crippen LogP contribution >= 0.6 is 0 Å². The Hall–Kier alpha value is -2.70.